The first-order chi connectivity index (χ1) is 9.22. The number of aromatic nitrogens is 2. The highest BCUT2D eigenvalue weighted by atomic mass is 16.2. The van der Waals surface area contributed by atoms with Crippen LogP contribution in [0.25, 0.3) is 0 Å². The van der Waals surface area contributed by atoms with E-state index in [4.69, 9.17) is 0 Å². The first kappa shape index (κ1) is 15.2. The van der Waals surface area contributed by atoms with Crippen LogP contribution in [0.2, 0.25) is 0 Å². The maximum absolute atomic E-state index is 11.5. The van der Waals surface area contributed by atoms with Gasteiger partial charge in [0.25, 0.3) is 5.56 Å². The van der Waals surface area contributed by atoms with E-state index < -0.39 is 0 Å². The molecule has 0 spiro atoms. The lowest BCUT2D eigenvalue weighted by Gasteiger charge is -2.06. The van der Waals surface area contributed by atoms with Gasteiger partial charge in [-0.05, 0) is 6.42 Å². The number of unbranched alkanes of at least 4 members (excludes halogenated alkanes) is 5. The average Bonchev–Trinajstić information content (AvgIpc) is 2.37. The van der Waals surface area contributed by atoms with Crippen molar-refractivity contribution in [3.05, 3.63) is 22.6 Å². The lowest BCUT2D eigenvalue weighted by molar-refractivity contribution is 0.251. The molecule has 3 N–H and O–H groups in total. The summed E-state index contributed by atoms with van der Waals surface area (Å²) < 4.78 is 0. The highest BCUT2D eigenvalue weighted by molar-refractivity contribution is 5.87. The Morgan fingerprint density at radius 2 is 2.00 bits per heavy atom. The van der Waals surface area contributed by atoms with Crippen molar-refractivity contribution in [2.24, 2.45) is 0 Å². The third-order valence-corrected chi connectivity index (χ3v) is 2.72. The summed E-state index contributed by atoms with van der Waals surface area (Å²) in [5.41, 5.74) is -0.291. The maximum atomic E-state index is 11.5. The SMILES string of the molecule is CCCCCCCCNC(=O)Nc1nccc(=O)[nH]1. The van der Waals surface area contributed by atoms with Gasteiger partial charge in [0.05, 0.1) is 0 Å². The molecule has 0 aliphatic heterocycles. The van der Waals surface area contributed by atoms with E-state index in [0.717, 1.165) is 12.8 Å². The fourth-order valence-electron chi connectivity index (χ4n) is 1.69. The number of anilines is 1. The second kappa shape index (κ2) is 9.13. The predicted octanol–water partition coefficient (Wildman–Crippen LogP) is 2.25. The highest BCUT2D eigenvalue weighted by Crippen LogP contribution is 2.04. The van der Waals surface area contributed by atoms with E-state index >= 15 is 0 Å². The van der Waals surface area contributed by atoms with E-state index in [9.17, 15) is 9.59 Å². The topological polar surface area (TPSA) is 86.9 Å². The van der Waals surface area contributed by atoms with Crippen LogP contribution in [0.15, 0.2) is 17.1 Å². The van der Waals surface area contributed by atoms with Gasteiger partial charge in [-0.15, -0.1) is 0 Å². The molecule has 2 amide bonds. The van der Waals surface area contributed by atoms with E-state index in [0.29, 0.717) is 6.54 Å². The Labute approximate surface area is 113 Å². The van der Waals surface area contributed by atoms with Gasteiger partial charge in [-0.1, -0.05) is 39.0 Å². The molecule has 0 bridgehead atoms. The summed E-state index contributed by atoms with van der Waals surface area (Å²) in [4.78, 5) is 28.7. The van der Waals surface area contributed by atoms with Crippen LogP contribution in [0.3, 0.4) is 0 Å². The smallest absolute Gasteiger partial charge is 0.321 e. The van der Waals surface area contributed by atoms with E-state index in [1.54, 1.807) is 0 Å². The number of carbonyl (C=O) groups is 1. The van der Waals surface area contributed by atoms with Crippen LogP contribution < -0.4 is 16.2 Å². The molecule has 0 saturated carbocycles. The van der Waals surface area contributed by atoms with Gasteiger partial charge in [0.2, 0.25) is 5.95 Å². The van der Waals surface area contributed by atoms with Crippen molar-refractivity contribution >= 4 is 12.0 Å². The summed E-state index contributed by atoms with van der Waals surface area (Å²) in [7, 11) is 0. The van der Waals surface area contributed by atoms with Gasteiger partial charge in [0.15, 0.2) is 0 Å². The largest absolute Gasteiger partial charge is 0.338 e. The number of nitrogens with zero attached hydrogens (tertiary/aromatic N) is 1. The van der Waals surface area contributed by atoms with Gasteiger partial charge in [-0.3, -0.25) is 15.1 Å². The Kier molecular flexibility index (Phi) is 7.31. The van der Waals surface area contributed by atoms with Crippen molar-refractivity contribution in [3.8, 4) is 0 Å². The Hall–Kier alpha value is -1.85. The molecule has 6 nitrogen and oxygen atoms in total. The zero-order valence-corrected chi connectivity index (χ0v) is 11.4. The van der Waals surface area contributed by atoms with Crippen LogP contribution in [-0.2, 0) is 0 Å². The number of nitrogens with one attached hydrogen (secondary N) is 3. The Morgan fingerprint density at radius 3 is 2.74 bits per heavy atom. The minimum Gasteiger partial charge on any atom is -0.338 e. The summed E-state index contributed by atoms with van der Waals surface area (Å²) in [5.74, 6) is 0.160. The average molecular weight is 266 g/mol. The number of aromatic amines is 1. The summed E-state index contributed by atoms with van der Waals surface area (Å²) in [6.07, 6.45) is 8.44. The molecule has 0 aliphatic carbocycles. The van der Waals surface area contributed by atoms with Gasteiger partial charge in [-0.2, -0.15) is 0 Å². The first-order valence-electron chi connectivity index (χ1n) is 6.82. The maximum Gasteiger partial charge on any atom is 0.321 e. The van der Waals surface area contributed by atoms with Crippen molar-refractivity contribution in [3.63, 3.8) is 0 Å². The fraction of sp³-hybridized carbons (Fsp3) is 0.615. The second-order valence-electron chi connectivity index (χ2n) is 4.43. The third kappa shape index (κ3) is 7.23. The third-order valence-electron chi connectivity index (χ3n) is 2.72. The van der Waals surface area contributed by atoms with E-state index in [2.05, 4.69) is 27.5 Å². The summed E-state index contributed by atoms with van der Waals surface area (Å²) in [6, 6.07) is 0.947. The van der Waals surface area contributed by atoms with E-state index in [-0.39, 0.29) is 17.5 Å². The van der Waals surface area contributed by atoms with E-state index in [1.165, 1.54) is 37.9 Å². The number of hydrogen-bond acceptors (Lipinski definition) is 3. The molecule has 19 heavy (non-hydrogen) atoms. The standard InChI is InChI=1S/C13H22N4O2/c1-2-3-4-5-6-7-9-15-13(19)17-12-14-10-8-11(18)16-12/h8,10H,2-7,9H2,1H3,(H3,14,15,16,17,18,19). The molecule has 0 unspecified atom stereocenters. The van der Waals surface area contributed by atoms with Crippen LogP contribution in [0, 0.1) is 0 Å². The van der Waals surface area contributed by atoms with Crippen LogP contribution in [0.4, 0.5) is 10.7 Å². The predicted molar refractivity (Wildman–Crippen MR) is 75.3 cm³/mol. The van der Waals surface area contributed by atoms with Crippen molar-refractivity contribution in [1.82, 2.24) is 15.3 Å². The van der Waals surface area contributed by atoms with Gasteiger partial charge >= 0.3 is 6.03 Å². The van der Waals surface area contributed by atoms with Gasteiger partial charge in [0.1, 0.15) is 0 Å². The molecule has 1 heterocycles. The quantitative estimate of drug-likeness (QED) is 0.631. The number of rotatable bonds is 8. The van der Waals surface area contributed by atoms with E-state index in [1.807, 2.05) is 0 Å². The summed E-state index contributed by atoms with van der Waals surface area (Å²) in [5, 5.41) is 5.21. The van der Waals surface area contributed by atoms with Crippen molar-refractivity contribution in [2.75, 3.05) is 11.9 Å². The number of hydrogen-bond donors (Lipinski definition) is 3. The monoisotopic (exact) mass is 266 g/mol. The molecular formula is C13H22N4O2. The zero-order valence-electron chi connectivity index (χ0n) is 11.4. The highest BCUT2D eigenvalue weighted by Gasteiger charge is 2.01. The van der Waals surface area contributed by atoms with Crippen molar-refractivity contribution < 1.29 is 4.79 Å². The number of amides is 2. The molecule has 0 radical (unpaired) electrons. The number of H-pyrrole nitrogens is 1. The summed E-state index contributed by atoms with van der Waals surface area (Å²) >= 11 is 0. The Balaban J connectivity index is 2.10. The molecule has 0 atom stereocenters. The van der Waals surface area contributed by atoms with Crippen LogP contribution in [0.1, 0.15) is 45.4 Å². The Bertz CT molecular complexity index is 431. The first-order valence-corrected chi connectivity index (χ1v) is 6.82. The molecule has 0 aromatic carbocycles. The van der Waals surface area contributed by atoms with Gasteiger partial charge < -0.3 is 5.32 Å². The van der Waals surface area contributed by atoms with Crippen LogP contribution in [-0.4, -0.2) is 22.5 Å². The fourth-order valence-corrected chi connectivity index (χ4v) is 1.69. The molecule has 0 saturated heterocycles. The summed E-state index contributed by atoms with van der Waals surface area (Å²) in [6.45, 7) is 2.82. The minimum absolute atomic E-state index is 0.160. The second-order valence-corrected chi connectivity index (χ2v) is 4.43. The molecule has 1 rings (SSSR count). The number of carbonyl (C=O) groups excluding carboxylic acids is 1. The molecular weight excluding hydrogens is 244 g/mol. The lowest BCUT2D eigenvalue weighted by atomic mass is 10.1. The zero-order chi connectivity index (χ0) is 13.9. The van der Waals surface area contributed by atoms with Gasteiger partial charge in [-0.25, -0.2) is 9.78 Å². The molecule has 1 aromatic rings. The molecule has 106 valence electrons. The van der Waals surface area contributed by atoms with Crippen LogP contribution >= 0.6 is 0 Å². The lowest BCUT2D eigenvalue weighted by Crippen LogP contribution is -2.30. The molecule has 0 aliphatic rings. The normalized spacial score (nSPS) is 10.2. The molecule has 0 fully saturated rings. The molecule has 1 aromatic heterocycles. The number of urea groups is 1. The molecule has 6 heteroatoms. The van der Waals surface area contributed by atoms with Gasteiger partial charge in [0, 0.05) is 18.8 Å². The Morgan fingerprint density at radius 1 is 1.26 bits per heavy atom. The van der Waals surface area contributed by atoms with Crippen LogP contribution in [0.5, 0.6) is 0 Å². The van der Waals surface area contributed by atoms with Crippen molar-refractivity contribution in [2.45, 2.75) is 45.4 Å². The van der Waals surface area contributed by atoms with Crippen molar-refractivity contribution in [1.29, 1.82) is 0 Å². The minimum atomic E-state index is -0.345.